The molecule has 0 unspecified atom stereocenters. The molecule has 4 nitrogen and oxygen atoms in total. The Kier molecular flexibility index (Phi) is 3.71. The quantitative estimate of drug-likeness (QED) is 0.558. The first-order valence-electron chi connectivity index (χ1n) is 7.85. The SMILES string of the molecule is Oc1cccc(N=c2cc(-c3ccccc3)oc3ccc(O)cc23)c1. The van der Waals surface area contributed by atoms with Crippen LogP contribution in [0.1, 0.15) is 0 Å². The minimum atomic E-state index is 0.141. The lowest BCUT2D eigenvalue weighted by atomic mass is 10.1. The van der Waals surface area contributed by atoms with Crippen LogP contribution < -0.4 is 5.36 Å². The molecule has 0 atom stereocenters. The monoisotopic (exact) mass is 329 g/mol. The second kappa shape index (κ2) is 6.17. The van der Waals surface area contributed by atoms with E-state index < -0.39 is 0 Å². The molecular formula is C21H15NO3. The lowest BCUT2D eigenvalue weighted by Gasteiger charge is -2.05. The van der Waals surface area contributed by atoms with Gasteiger partial charge in [-0.3, -0.25) is 0 Å². The Labute approximate surface area is 144 Å². The summed E-state index contributed by atoms with van der Waals surface area (Å²) in [4.78, 5) is 4.63. The van der Waals surface area contributed by atoms with Gasteiger partial charge in [0.2, 0.25) is 0 Å². The summed E-state index contributed by atoms with van der Waals surface area (Å²) in [6.07, 6.45) is 0. The molecule has 3 aromatic carbocycles. The molecule has 4 heteroatoms. The molecule has 4 rings (SSSR count). The molecule has 0 aliphatic carbocycles. The van der Waals surface area contributed by atoms with Crippen LogP contribution in [0.15, 0.2) is 88.3 Å². The maximum atomic E-state index is 9.83. The van der Waals surface area contributed by atoms with E-state index in [1.807, 2.05) is 36.4 Å². The molecule has 0 fully saturated rings. The lowest BCUT2D eigenvalue weighted by molar-refractivity contribution is 0.475. The van der Waals surface area contributed by atoms with Crippen molar-refractivity contribution in [3.63, 3.8) is 0 Å². The van der Waals surface area contributed by atoms with E-state index in [1.54, 1.807) is 42.5 Å². The Balaban J connectivity index is 2.02. The molecule has 0 amide bonds. The van der Waals surface area contributed by atoms with E-state index in [0.717, 1.165) is 5.56 Å². The van der Waals surface area contributed by atoms with Crippen molar-refractivity contribution in [1.82, 2.24) is 0 Å². The fourth-order valence-corrected chi connectivity index (χ4v) is 2.70. The summed E-state index contributed by atoms with van der Waals surface area (Å²) in [7, 11) is 0. The van der Waals surface area contributed by atoms with Gasteiger partial charge < -0.3 is 14.6 Å². The minimum Gasteiger partial charge on any atom is -0.508 e. The van der Waals surface area contributed by atoms with Gasteiger partial charge in [0, 0.05) is 23.1 Å². The molecule has 1 heterocycles. The summed E-state index contributed by atoms with van der Waals surface area (Å²) in [6.45, 7) is 0. The summed E-state index contributed by atoms with van der Waals surface area (Å²) in [5.74, 6) is 0.970. The maximum Gasteiger partial charge on any atom is 0.137 e. The molecule has 0 saturated heterocycles. The highest BCUT2D eigenvalue weighted by molar-refractivity contribution is 5.80. The number of phenols is 2. The van der Waals surface area contributed by atoms with Crippen LogP contribution in [-0.4, -0.2) is 10.2 Å². The summed E-state index contributed by atoms with van der Waals surface area (Å²) in [5, 5.41) is 20.8. The second-order valence-electron chi connectivity index (χ2n) is 5.67. The van der Waals surface area contributed by atoms with Crippen LogP contribution in [0, 0.1) is 0 Å². The predicted molar refractivity (Wildman–Crippen MR) is 96.6 cm³/mol. The molecule has 25 heavy (non-hydrogen) atoms. The topological polar surface area (TPSA) is 66.0 Å². The van der Waals surface area contributed by atoms with Crippen molar-refractivity contribution >= 4 is 16.7 Å². The lowest BCUT2D eigenvalue weighted by Crippen LogP contribution is -2.03. The number of benzene rings is 3. The fraction of sp³-hybridized carbons (Fsp3) is 0. The highest BCUT2D eigenvalue weighted by Crippen LogP contribution is 2.25. The molecule has 0 radical (unpaired) electrons. The van der Waals surface area contributed by atoms with E-state index in [9.17, 15) is 10.2 Å². The summed E-state index contributed by atoms with van der Waals surface area (Å²) in [6, 6.07) is 23.2. The van der Waals surface area contributed by atoms with Crippen molar-refractivity contribution in [3.05, 3.63) is 84.2 Å². The average Bonchev–Trinajstić information content (AvgIpc) is 2.63. The van der Waals surface area contributed by atoms with E-state index in [-0.39, 0.29) is 11.5 Å². The number of aromatic hydroxyl groups is 2. The standard InChI is InChI=1S/C21H15NO3/c23-16-8-4-7-15(11-16)22-19-13-21(14-5-2-1-3-6-14)25-20-10-9-17(24)12-18(19)20/h1-13,23-24H. The minimum absolute atomic E-state index is 0.141. The van der Waals surface area contributed by atoms with Crippen molar-refractivity contribution in [2.24, 2.45) is 4.99 Å². The Hall–Kier alpha value is -3.53. The van der Waals surface area contributed by atoms with Crippen molar-refractivity contribution in [1.29, 1.82) is 0 Å². The molecule has 4 aromatic rings. The number of fused-ring (bicyclic) bond motifs is 1. The average molecular weight is 329 g/mol. The Morgan fingerprint density at radius 3 is 2.32 bits per heavy atom. The van der Waals surface area contributed by atoms with Gasteiger partial charge in [-0.2, -0.15) is 0 Å². The third-order valence-electron chi connectivity index (χ3n) is 3.86. The highest BCUT2D eigenvalue weighted by atomic mass is 16.3. The Bertz CT molecular complexity index is 1110. The zero-order valence-electron chi connectivity index (χ0n) is 13.3. The van der Waals surface area contributed by atoms with Crippen molar-refractivity contribution in [3.8, 4) is 22.8 Å². The van der Waals surface area contributed by atoms with Crippen LogP contribution in [0.3, 0.4) is 0 Å². The van der Waals surface area contributed by atoms with Gasteiger partial charge in [-0.1, -0.05) is 36.4 Å². The van der Waals surface area contributed by atoms with Gasteiger partial charge in [0.1, 0.15) is 22.8 Å². The van der Waals surface area contributed by atoms with Gasteiger partial charge in [0.15, 0.2) is 0 Å². The van der Waals surface area contributed by atoms with Gasteiger partial charge in [0.05, 0.1) is 11.0 Å². The van der Waals surface area contributed by atoms with Crippen LogP contribution in [0.5, 0.6) is 11.5 Å². The number of hydrogen-bond donors (Lipinski definition) is 2. The molecule has 122 valence electrons. The third kappa shape index (κ3) is 3.10. The molecule has 0 saturated carbocycles. The molecule has 2 N–H and O–H groups in total. The summed E-state index contributed by atoms with van der Waals surface area (Å²) >= 11 is 0. The zero-order valence-corrected chi connectivity index (χ0v) is 13.3. The van der Waals surface area contributed by atoms with Crippen LogP contribution >= 0.6 is 0 Å². The molecule has 1 aromatic heterocycles. The summed E-state index contributed by atoms with van der Waals surface area (Å²) < 4.78 is 5.98. The maximum absolute atomic E-state index is 9.83. The Morgan fingerprint density at radius 2 is 1.52 bits per heavy atom. The number of phenolic OH excluding ortho intramolecular Hbond substituents is 2. The molecule has 0 spiro atoms. The number of nitrogens with zero attached hydrogens (tertiary/aromatic N) is 1. The van der Waals surface area contributed by atoms with Crippen molar-refractivity contribution < 1.29 is 14.6 Å². The van der Waals surface area contributed by atoms with Crippen LogP contribution in [0.25, 0.3) is 22.3 Å². The van der Waals surface area contributed by atoms with Gasteiger partial charge >= 0.3 is 0 Å². The Morgan fingerprint density at radius 1 is 0.720 bits per heavy atom. The smallest absolute Gasteiger partial charge is 0.137 e. The van der Waals surface area contributed by atoms with E-state index in [1.165, 1.54) is 0 Å². The first kappa shape index (κ1) is 15.0. The zero-order chi connectivity index (χ0) is 17.2. The van der Waals surface area contributed by atoms with Gasteiger partial charge in [0.25, 0.3) is 0 Å². The molecular weight excluding hydrogens is 314 g/mol. The van der Waals surface area contributed by atoms with Crippen molar-refractivity contribution in [2.75, 3.05) is 0 Å². The fourth-order valence-electron chi connectivity index (χ4n) is 2.70. The van der Waals surface area contributed by atoms with E-state index in [4.69, 9.17) is 4.42 Å². The molecule has 0 aliphatic rings. The normalized spacial score (nSPS) is 11.8. The van der Waals surface area contributed by atoms with E-state index in [2.05, 4.69) is 4.99 Å². The van der Waals surface area contributed by atoms with Crippen LogP contribution in [0.2, 0.25) is 0 Å². The predicted octanol–water partition coefficient (Wildman–Crippen LogP) is 4.74. The van der Waals surface area contributed by atoms with Gasteiger partial charge in [-0.25, -0.2) is 4.99 Å². The molecule has 0 bridgehead atoms. The number of hydrogen-bond acceptors (Lipinski definition) is 4. The summed E-state index contributed by atoms with van der Waals surface area (Å²) in [5.41, 5.74) is 2.18. The van der Waals surface area contributed by atoms with Gasteiger partial charge in [-0.05, 0) is 30.3 Å². The van der Waals surface area contributed by atoms with Crippen LogP contribution in [-0.2, 0) is 0 Å². The van der Waals surface area contributed by atoms with Gasteiger partial charge in [-0.15, -0.1) is 0 Å². The first-order chi connectivity index (χ1) is 12.2. The molecule has 0 aliphatic heterocycles. The van der Waals surface area contributed by atoms with Crippen molar-refractivity contribution in [2.45, 2.75) is 0 Å². The van der Waals surface area contributed by atoms with E-state index >= 15 is 0 Å². The number of rotatable bonds is 2. The van der Waals surface area contributed by atoms with Crippen LogP contribution in [0.4, 0.5) is 5.69 Å². The van der Waals surface area contributed by atoms with E-state index in [0.29, 0.717) is 27.8 Å². The first-order valence-corrected chi connectivity index (χ1v) is 7.85. The largest absolute Gasteiger partial charge is 0.508 e. The third-order valence-corrected chi connectivity index (χ3v) is 3.86. The second-order valence-corrected chi connectivity index (χ2v) is 5.67. The highest BCUT2D eigenvalue weighted by Gasteiger charge is 2.07.